The van der Waals surface area contributed by atoms with Gasteiger partial charge in [0, 0.05) is 59.8 Å². The molecule has 166 valence electrons. The highest BCUT2D eigenvalue weighted by Gasteiger charge is 2.32. The van der Waals surface area contributed by atoms with E-state index < -0.39 is 0 Å². The first-order chi connectivity index (χ1) is 14.8. The maximum Gasteiger partial charge on any atom is 0.256 e. The molecule has 0 aliphatic carbocycles. The van der Waals surface area contributed by atoms with E-state index in [0.29, 0.717) is 37.4 Å². The number of ether oxygens (including phenoxy) is 1. The molecule has 1 atom stereocenters. The molecule has 0 spiro atoms. The number of nitrogens with zero attached hydrogens (tertiary/aromatic N) is 5. The quantitative estimate of drug-likeness (QED) is 0.677. The van der Waals surface area contributed by atoms with E-state index in [1.54, 1.807) is 27.4 Å². The van der Waals surface area contributed by atoms with Crippen LogP contribution in [0.5, 0.6) is 5.75 Å². The van der Waals surface area contributed by atoms with Crippen LogP contribution in [-0.4, -0.2) is 80.0 Å². The molecule has 2 heterocycles. The van der Waals surface area contributed by atoms with Crippen LogP contribution in [0.15, 0.2) is 30.5 Å². The molecule has 1 aliphatic heterocycles. The third-order valence-corrected chi connectivity index (χ3v) is 5.57. The molecule has 8 nitrogen and oxygen atoms in total. The third kappa shape index (κ3) is 5.13. The van der Waals surface area contributed by atoms with Crippen LogP contribution in [0.2, 0.25) is 0 Å². The Morgan fingerprint density at radius 3 is 2.61 bits per heavy atom. The van der Waals surface area contributed by atoms with E-state index in [1.165, 1.54) is 4.90 Å². The van der Waals surface area contributed by atoms with Gasteiger partial charge in [-0.25, -0.2) is 9.97 Å². The molecule has 31 heavy (non-hydrogen) atoms. The first kappa shape index (κ1) is 22.5. The van der Waals surface area contributed by atoms with Crippen molar-refractivity contribution < 1.29 is 14.3 Å². The first-order valence-electron chi connectivity index (χ1n) is 10.5. The molecule has 8 heteroatoms. The molecule has 1 saturated heterocycles. The maximum absolute atomic E-state index is 12.9. The molecule has 0 radical (unpaired) electrons. The number of aromatic nitrogens is 2. The van der Waals surface area contributed by atoms with Crippen molar-refractivity contribution in [2.24, 2.45) is 0 Å². The molecule has 0 bridgehead atoms. The Hall–Kier alpha value is -3.16. The minimum Gasteiger partial charge on any atom is -0.496 e. The zero-order chi connectivity index (χ0) is 22.5. The topological polar surface area (TPSA) is 78.9 Å². The molecule has 1 unspecified atom stereocenters. The molecular weight excluding hydrogens is 394 g/mol. The van der Waals surface area contributed by atoms with Crippen molar-refractivity contribution in [1.82, 2.24) is 19.8 Å². The summed E-state index contributed by atoms with van der Waals surface area (Å²) >= 11 is 0. The van der Waals surface area contributed by atoms with Crippen molar-refractivity contribution in [2.75, 3.05) is 53.3 Å². The number of carbonyl (C=O) groups excluding carboxylic acids is 2. The normalized spacial score (nSPS) is 15.6. The van der Waals surface area contributed by atoms with Gasteiger partial charge in [0.1, 0.15) is 5.75 Å². The SMILES string of the molecule is COc1ccccc1CCC(=O)N1CCC(c2nc(N(C)C)ncc2C(=O)N(C)C)C1. The molecule has 0 saturated carbocycles. The highest BCUT2D eigenvalue weighted by Crippen LogP contribution is 2.30. The van der Waals surface area contributed by atoms with E-state index >= 15 is 0 Å². The zero-order valence-corrected chi connectivity index (χ0v) is 19.0. The van der Waals surface area contributed by atoms with Gasteiger partial charge in [0.05, 0.1) is 18.4 Å². The minimum atomic E-state index is -0.124. The molecule has 2 amide bonds. The summed E-state index contributed by atoms with van der Waals surface area (Å²) in [5.74, 6) is 1.36. The number of anilines is 1. The molecular formula is C23H31N5O3. The molecule has 1 aromatic heterocycles. The van der Waals surface area contributed by atoms with E-state index in [2.05, 4.69) is 9.97 Å². The fraction of sp³-hybridized carbons (Fsp3) is 0.478. The first-order valence-corrected chi connectivity index (χ1v) is 10.5. The number of amides is 2. The average Bonchev–Trinajstić information content (AvgIpc) is 3.26. The fourth-order valence-electron chi connectivity index (χ4n) is 3.84. The number of rotatable bonds is 7. The van der Waals surface area contributed by atoms with Crippen molar-refractivity contribution in [3.05, 3.63) is 47.3 Å². The lowest BCUT2D eigenvalue weighted by Crippen LogP contribution is -2.30. The molecule has 3 rings (SSSR count). The van der Waals surface area contributed by atoms with Gasteiger partial charge in [-0.2, -0.15) is 0 Å². The standard InChI is InChI=1S/C23H31N5O3/c1-26(2)22(30)18-14-24-23(27(3)4)25-21(18)17-12-13-28(15-17)20(29)11-10-16-8-6-7-9-19(16)31-5/h6-9,14,17H,10-13,15H2,1-5H3. The van der Waals surface area contributed by atoms with Crippen LogP contribution in [0.25, 0.3) is 0 Å². The van der Waals surface area contributed by atoms with Crippen molar-refractivity contribution in [1.29, 1.82) is 0 Å². The van der Waals surface area contributed by atoms with E-state index in [-0.39, 0.29) is 17.7 Å². The van der Waals surface area contributed by atoms with Crippen molar-refractivity contribution in [3.63, 3.8) is 0 Å². The van der Waals surface area contributed by atoms with Gasteiger partial charge >= 0.3 is 0 Å². The number of carbonyl (C=O) groups is 2. The Labute approximate surface area is 183 Å². The predicted octanol–water partition coefficient (Wildman–Crippen LogP) is 2.20. The summed E-state index contributed by atoms with van der Waals surface area (Å²) in [6, 6.07) is 7.77. The van der Waals surface area contributed by atoms with Crippen LogP contribution in [0, 0.1) is 0 Å². The number of para-hydroxylation sites is 1. The highest BCUT2D eigenvalue weighted by molar-refractivity contribution is 5.95. The number of benzene rings is 1. The minimum absolute atomic E-state index is 0.0100. The van der Waals surface area contributed by atoms with Crippen LogP contribution in [-0.2, 0) is 11.2 Å². The van der Waals surface area contributed by atoms with E-state index in [1.807, 2.05) is 48.2 Å². The monoisotopic (exact) mass is 425 g/mol. The second-order valence-corrected chi connectivity index (χ2v) is 8.20. The number of methoxy groups -OCH3 is 1. The number of likely N-dealkylation sites (tertiary alicyclic amines) is 1. The highest BCUT2D eigenvalue weighted by atomic mass is 16.5. The summed E-state index contributed by atoms with van der Waals surface area (Å²) in [6.45, 7) is 1.22. The van der Waals surface area contributed by atoms with Crippen LogP contribution in [0.1, 0.15) is 40.4 Å². The Balaban J connectivity index is 1.73. The molecule has 2 aromatic rings. The lowest BCUT2D eigenvalue weighted by atomic mass is 9.99. The summed E-state index contributed by atoms with van der Waals surface area (Å²) in [7, 11) is 8.81. The van der Waals surface area contributed by atoms with Gasteiger partial charge in [0.15, 0.2) is 0 Å². The Morgan fingerprint density at radius 2 is 1.94 bits per heavy atom. The lowest BCUT2D eigenvalue weighted by molar-refractivity contribution is -0.130. The summed E-state index contributed by atoms with van der Waals surface area (Å²) in [6.07, 6.45) is 3.43. The van der Waals surface area contributed by atoms with Crippen molar-refractivity contribution >= 4 is 17.8 Å². The van der Waals surface area contributed by atoms with Crippen LogP contribution < -0.4 is 9.64 Å². The summed E-state index contributed by atoms with van der Waals surface area (Å²) in [4.78, 5) is 39.8. The smallest absolute Gasteiger partial charge is 0.256 e. The predicted molar refractivity (Wildman–Crippen MR) is 120 cm³/mol. The van der Waals surface area contributed by atoms with E-state index in [9.17, 15) is 9.59 Å². The largest absolute Gasteiger partial charge is 0.496 e. The summed E-state index contributed by atoms with van der Waals surface area (Å²) in [5, 5.41) is 0. The molecule has 1 aliphatic rings. The van der Waals surface area contributed by atoms with Crippen LogP contribution in [0.4, 0.5) is 5.95 Å². The number of aryl methyl sites for hydroxylation is 1. The van der Waals surface area contributed by atoms with Crippen molar-refractivity contribution in [3.8, 4) is 5.75 Å². The molecule has 1 aromatic carbocycles. The van der Waals surface area contributed by atoms with Crippen LogP contribution >= 0.6 is 0 Å². The Bertz CT molecular complexity index is 945. The Kier molecular flexibility index (Phi) is 7.09. The zero-order valence-electron chi connectivity index (χ0n) is 19.0. The van der Waals surface area contributed by atoms with E-state index in [0.717, 1.165) is 23.4 Å². The second kappa shape index (κ2) is 9.76. The third-order valence-electron chi connectivity index (χ3n) is 5.57. The maximum atomic E-state index is 12.9. The number of hydrogen-bond acceptors (Lipinski definition) is 6. The average molecular weight is 426 g/mol. The van der Waals surface area contributed by atoms with Gasteiger partial charge < -0.3 is 19.4 Å². The van der Waals surface area contributed by atoms with Gasteiger partial charge in [-0.15, -0.1) is 0 Å². The van der Waals surface area contributed by atoms with Gasteiger partial charge in [0.2, 0.25) is 11.9 Å². The van der Waals surface area contributed by atoms with Crippen molar-refractivity contribution in [2.45, 2.75) is 25.2 Å². The fourth-order valence-corrected chi connectivity index (χ4v) is 3.84. The number of hydrogen-bond donors (Lipinski definition) is 0. The second-order valence-electron chi connectivity index (χ2n) is 8.20. The van der Waals surface area contributed by atoms with E-state index in [4.69, 9.17) is 4.74 Å². The molecule has 1 fully saturated rings. The van der Waals surface area contributed by atoms with Gasteiger partial charge in [-0.3, -0.25) is 9.59 Å². The van der Waals surface area contributed by atoms with Gasteiger partial charge in [-0.1, -0.05) is 18.2 Å². The Morgan fingerprint density at radius 1 is 1.19 bits per heavy atom. The van der Waals surface area contributed by atoms with Gasteiger partial charge in [0.25, 0.3) is 5.91 Å². The summed E-state index contributed by atoms with van der Waals surface area (Å²) < 4.78 is 5.38. The summed E-state index contributed by atoms with van der Waals surface area (Å²) in [5.41, 5.74) is 2.25. The molecule has 0 N–H and O–H groups in total. The van der Waals surface area contributed by atoms with Gasteiger partial charge in [-0.05, 0) is 24.5 Å². The lowest BCUT2D eigenvalue weighted by Gasteiger charge is -2.20. The van der Waals surface area contributed by atoms with Crippen LogP contribution in [0.3, 0.4) is 0 Å².